The molecule has 3 heteroatoms. The average Bonchev–Trinajstić information content (AvgIpc) is 2.69. The van der Waals surface area contributed by atoms with Gasteiger partial charge in [-0.25, -0.2) is 0 Å². The standard InChI is InChI=1S/C17H33BN2/c1-12(2)16-19-14-8-6-10-17(5,18)11-7-9-15(14)20(16)13(3)4/h12-15H,6-11,18H2,1-5H3. The molecule has 20 heavy (non-hydrogen) atoms. The summed E-state index contributed by atoms with van der Waals surface area (Å²) in [6.07, 6.45) is 8.05. The fraction of sp³-hybridized carbons (Fsp3) is 0.941. The summed E-state index contributed by atoms with van der Waals surface area (Å²) in [4.78, 5) is 7.79. The number of nitrogens with zero attached hydrogens (tertiary/aromatic N) is 2. The SMILES string of the molecule is BC1(C)CCCC2N=C(C(C)C)N(C(C)C)C2CCC1. The topological polar surface area (TPSA) is 15.6 Å². The summed E-state index contributed by atoms with van der Waals surface area (Å²) in [5.41, 5.74) is 0. The molecule has 0 radical (unpaired) electrons. The summed E-state index contributed by atoms with van der Waals surface area (Å²) in [6.45, 7) is 11.7. The summed E-state index contributed by atoms with van der Waals surface area (Å²) in [7, 11) is 2.44. The van der Waals surface area contributed by atoms with Gasteiger partial charge in [-0.2, -0.15) is 0 Å². The summed E-state index contributed by atoms with van der Waals surface area (Å²) in [5, 5.41) is 0.534. The largest absolute Gasteiger partial charge is 0.353 e. The van der Waals surface area contributed by atoms with Crippen LogP contribution in [0.5, 0.6) is 0 Å². The van der Waals surface area contributed by atoms with Gasteiger partial charge >= 0.3 is 0 Å². The number of hydrogen-bond donors (Lipinski definition) is 0. The highest BCUT2D eigenvalue weighted by Crippen LogP contribution is 2.39. The van der Waals surface area contributed by atoms with E-state index in [9.17, 15) is 0 Å². The molecule has 0 bridgehead atoms. The minimum atomic E-state index is 0.534. The highest BCUT2D eigenvalue weighted by Gasteiger charge is 2.38. The van der Waals surface area contributed by atoms with E-state index in [1.807, 2.05) is 0 Å². The number of rotatable bonds is 2. The van der Waals surface area contributed by atoms with E-state index in [-0.39, 0.29) is 0 Å². The van der Waals surface area contributed by atoms with Crippen LogP contribution in [0.25, 0.3) is 0 Å². The quantitative estimate of drug-likeness (QED) is 0.703. The van der Waals surface area contributed by atoms with Crippen molar-refractivity contribution in [2.24, 2.45) is 10.9 Å². The zero-order valence-electron chi connectivity index (χ0n) is 14.4. The second kappa shape index (κ2) is 6.11. The summed E-state index contributed by atoms with van der Waals surface area (Å²) < 4.78 is 0. The lowest BCUT2D eigenvalue weighted by Crippen LogP contribution is -2.45. The molecule has 1 saturated carbocycles. The fourth-order valence-electron chi connectivity index (χ4n) is 4.07. The molecule has 0 saturated heterocycles. The van der Waals surface area contributed by atoms with E-state index in [4.69, 9.17) is 4.99 Å². The van der Waals surface area contributed by atoms with Crippen molar-refractivity contribution in [3.8, 4) is 0 Å². The summed E-state index contributed by atoms with van der Waals surface area (Å²) in [5.74, 6) is 1.93. The Kier molecular flexibility index (Phi) is 4.86. The van der Waals surface area contributed by atoms with Crippen LogP contribution in [0.4, 0.5) is 0 Å². The molecule has 3 unspecified atom stereocenters. The van der Waals surface area contributed by atoms with Crippen molar-refractivity contribution >= 4 is 13.7 Å². The van der Waals surface area contributed by atoms with Crippen LogP contribution in [-0.4, -0.2) is 36.7 Å². The first kappa shape index (κ1) is 15.9. The monoisotopic (exact) mass is 276 g/mol. The second-order valence-electron chi connectivity index (χ2n) is 8.23. The molecule has 0 aromatic carbocycles. The molecule has 2 nitrogen and oxygen atoms in total. The van der Waals surface area contributed by atoms with Crippen molar-refractivity contribution in [1.82, 2.24) is 4.90 Å². The van der Waals surface area contributed by atoms with Crippen LogP contribution in [0.2, 0.25) is 5.31 Å². The lowest BCUT2D eigenvalue weighted by Gasteiger charge is -2.35. The van der Waals surface area contributed by atoms with Crippen molar-refractivity contribution in [3.05, 3.63) is 0 Å². The predicted molar refractivity (Wildman–Crippen MR) is 91.4 cm³/mol. The number of hydrogen-bond acceptors (Lipinski definition) is 2. The molecule has 0 N–H and O–H groups in total. The van der Waals surface area contributed by atoms with E-state index in [1.165, 1.54) is 44.4 Å². The van der Waals surface area contributed by atoms with Gasteiger partial charge in [-0.05, 0) is 26.7 Å². The molecular weight excluding hydrogens is 243 g/mol. The molecular formula is C17H33BN2. The van der Waals surface area contributed by atoms with Crippen LogP contribution in [0.15, 0.2) is 4.99 Å². The van der Waals surface area contributed by atoms with Gasteiger partial charge in [0.15, 0.2) is 0 Å². The van der Waals surface area contributed by atoms with Gasteiger partial charge < -0.3 is 4.90 Å². The van der Waals surface area contributed by atoms with Crippen molar-refractivity contribution in [2.75, 3.05) is 0 Å². The smallest absolute Gasteiger partial charge is 0.109 e. The predicted octanol–water partition coefficient (Wildman–Crippen LogP) is 3.67. The Morgan fingerprint density at radius 3 is 2.30 bits per heavy atom. The Balaban J connectivity index is 2.18. The van der Waals surface area contributed by atoms with Crippen molar-refractivity contribution < 1.29 is 0 Å². The van der Waals surface area contributed by atoms with Gasteiger partial charge in [-0.3, -0.25) is 4.99 Å². The van der Waals surface area contributed by atoms with Crippen LogP contribution in [0, 0.1) is 5.92 Å². The van der Waals surface area contributed by atoms with E-state index in [0.717, 1.165) is 0 Å². The molecule has 2 aliphatic rings. The summed E-state index contributed by atoms with van der Waals surface area (Å²) in [6, 6.07) is 1.81. The minimum Gasteiger partial charge on any atom is -0.353 e. The van der Waals surface area contributed by atoms with Crippen LogP contribution in [0.3, 0.4) is 0 Å². The lowest BCUT2D eigenvalue weighted by atomic mass is 9.64. The number of fused-ring (bicyclic) bond motifs is 1. The molecule has 1 fully saturated rings. The first-order valence-electron chi connectivity index (χ1n) is 8.68. The van der Waals surface area contributed by atoms with Crippen LogP contribution in [-0.2, 0) is 0 Å². The van der Waals surface area contributed by atoms with E-state index in [1.54, 1.807) is 0 Å². The summed E-state index contributed by atoms with van der Waals surface area (Å²) >= 11 is 0. The van der Waals surface area contributed by atoms with E-state index in [2.05, 4.69) is 47.4 Å². The lowest BCUT2D eigenvalue weighted by molar-refractivity contribution is 0.231. The maximum absolute atomic E-state index is 5.15. The molecule has 1 aliphatic carbocycles. The Bertz CT molecular complexity index is 360. The molecule has 0 amide bonds. The maximum Gasteiger partial charge on any atom is 0.109 e. The van der Waals surface area contributed by atoms with Gasteiger partial charge in [0.25, 0.3) is 0 Å². The highest BCUT2D eigenvalue weighted by molar-refractivity contribution is 6.14. The molecule has 1 heterocycles. The Morgan fingerprint density at radius 1 is 1.15 bits per heavy atom. The normalized spacial score (nSPS) is 35.5. The number of aliphatic imine (C=N–C) groups is 1. The van der Waals surface area contributed by atoms with Gasteiger partial charge in [-0.15, -0.1) is 0 Å². The zero-order chi connectivity index (χ0) is 14.9. The Morgan fingerprint density at radius 2 is 1.75 bits per heavy atom. The van der Waals surface area contributed by atoms with E-state index >= 15 is 0 Å². The van der Waals surface area contributed by atoms with Crippen molar-refractivity contribution in [2.45, 2.75) is 96.6 Å². The first-order chi connectivity index (χ1) is 9.32. The van der Waals surface area contributed by atoms with Crippen molar-refractivity contribution in [1.29, 1.82) is 0 Å². The minimum absolute atomic E-state index is 0.534. The van der Waals surface area contributed by atoms with Gasteiger partial charge in [0.05, 0.1) is 12.1 Å². The van der Waals surface area contributed by atoms with Gasteiger partial charge in [0.1, 0.15) is 13.7 Å². The zero-order valence-corrected chi connectivity index (χ0v) is 14.4. The van der Waals surface area contributed by atoms with Crippen LogP contribution >= 0.6 is 0 Å². The second-order valence-corrected chi connectivity index (χ2v) is 8.23. The first-order valence-corrected chi connectivity index (χ1v) is 8.68. The third-order valence-corrected chi connectivity index (χ3v) is 5.14. The average molecular weight is 276 g/mol. The molecule has 2 rings (SSSR count). The molecule has 0 aromatic rings. The van der Waals surface area contributed by atoms with Crippen LogP contribution in [0.1, 0.15) is 73.1 Å². The van der Waals surface area contributed by atoms with Crippen molar-refractivity contribution in [3.63, 3.8) is 0 Å². The molecule has 1 aliphatic heterocycles. The number of amidine groups is 1. The van der Waals surface area contributed by atoms with Gasteiger partial charge in [-0.1, -0.05) is 51.8 Å². The third kappa shape index (κ3) is 3.40. The van der Waals surface area contributed by atoms with Crippen LogP contribution < -0.4 is 0 Å². The fourth-order valence-corrected chi connectivity index (χ4v) is 4.07. The van der Waals surface area contributed by atoms with E-state index < -0.39 is 0 Å². The highest BCUT2D eigenvalue weighted by atomic mass is 15.3. The Labute approximate surface area is 126 Å². The van der Waals surface area contributed by atoms with E-state index in [0.29, 0.717) is 29.4 Å². The molecule has 3 atom stereocenters. The third-order valence-electron chi connectivity index (χ3n) is 5.14. The van der Waals surface area contributed by atoms with Gasteiger partial charge in [0, 0.05) is 12.0 Å². The van der Waals surface area contributed by atoms with Gasteiger partial charge in [0.2, 0.25) is 0 Å². The molecule has 0 aromatic heterocycles. The maximum atomic E-state index is 5.15. The molecule has 114 valence electrons. The molecule has 0 spiro atoms. The Hall–Kier alpha value is -0.465.